The number of benzene rings is 3. The van der Waals surface area contributed by atoms with Gasteiger partial charge in [-0.2, -0.15) is 0 Å². The van der Waals surface area contributed by atoms with Gasteiger partial charge in [-0.25, -0.2) is 0 Å². The number of hydrogen-bond acceptors (Lipinski definition) is 6. The molecule has 0 radical (unpaired) electrons. The van der Waals surface area contributed by atoms with Gasteiger partial charge in [0.25, 0.3) is 11.6 Å². The van der Waals surface area contributed by atoms with Gasteiger partial charge in [0.2, 0.25) is 0 Å². The second-order valence-electron chi connectivity index (χ2n) is 8.42. The fraction of sp³-hybridized carbons (Fsp3) is 0.192. The number of nitro benzene ring substituents is 1. The van der Waals surface area contributed by atoms with Crippen LogP contribution in [0.5, 0.6) is 0 Å². The van der Waals surface area contributed by atoms with Crippen LogP contribution in [0.2, 0.25) is 0 Å². The highest BCUT2D eigenvalue weighted by atomic mass is 32.2. The van der Waals surface area contributed by atoms with Gasteiger partial charge >= 0.3 is 0 Å². The standard InChI is InChI=1S/C26H23N5O3S/c32-25(27-22-12-13-22)21-8-6-19(7-9-21)17-35-26-29-28-24(20-10-14-23(15-11-20)31(33)34)30(26)16-18-4-2-1-3-5-18/h1-11,14-15,22H,12-13,16-17H2,(H,27,32). The lowest BCUT2D eigenvalue weighted by Gasteiger charge is -2.11. The van der Waals surface area contributed by atoms with Gasteiger partial charge in [-0.15, -0.1) is 10.2 Å². The zero-order chi connectivity index (χ0) is 24.2. The Hall–Kier alpha value is -3.98. The third-order valence-corrected chi connectivity index (χ3v) is 6.77. The summed E-state index contributed by atoms with van der Waals surface area (Å²) in [7, 11) is 0. The van der Waals surface area contributed by atoms with Crippen molar-refractivity contribution in [2.45, 2.75) is 36.3 Å². The van der Waals surface area contributed by atoms with Crippen LogP contribution in [0.15, 0.2) is 84.0 Å². The van der Waals surface area contributed by atoms with Crippen LogP contribution in [0.1, 0.15) is 34.3 Å². The Balaban J connectivity index is 1.36. The molecule has 0 aliphatic heterocycles. The monoisotopic (exact) mass is 485 g/mol. The summed E-state index contributed by atoms with van der Waals surface area (Å²) >= 11 is 1.56. The summed E-state index contributed by atoms with van der Waals surface area (Å²) in [6, 6.07) is 24.3. The average molecular weight is 486 g/mol. The van der Waals surface area contributed by atoms with Crippen LogP contribution in [0.3, 0.4) is 0 Å². The highest BCUT2D eigenvalue weighted by Crippen LogP contribution is 2.28. The predicted molar refractivity (Wildman–Crippen MR) is 134 cm³/mol. The van der Waals surface area contributed by atoms with Crippen LogP contribution in [0.25, 0.3) is 11.4 Å². The van der Waals surface area contributed by atoms with E-state index in [4.69, 9.17) is 0 Å². The van der Waals surface area contributed by atoms with Gasteiger partial charge in [0.15, 0.2) is 11.0 Å². The molecule has 1 heterocycles. The summed E-state index contributed by atoms with van der Waals surface area (Å²) in [4.78, 5) is 22.8. The third kappa shape index (κ3) is 5.58. The van der Waals surface area contributed by atoms with E-state index in [1.165, 1.54) is 12.1 Å². The Morgan fingerprint density at radius 1 is 0.971 bits per heavy atom. The third-order valence-electron chi connectivity index (χ3n) is 5.73. The molecule has 0 unspecified atom stereocenters. The van der Waals surface area contributed by atoms with E-state index in [1.807, 2.05) is 59.2 Å². The number of rotatable bonds is 9. The van der Waals surface area contributed by atoms with Crippen LogP contribution in [0, 0.1) is 10.1 Å². The van der Waals surface area contributed by atoms with Crippen LogP contribution >= 0.6 is 11.8 Å². The first kappa shape index (κ1) is 22.8. The molecular weight excluding hydrogens is 462 g/mol. The fourth-order valence-electron chi connectivity index (χ4n) is 3.65. The molecule has 176 valence electrons. The van der Waals surface area contributed by atoms with Crippen molar-refractivity contribution >= 4 is 23.4 Å². The smallest absolute Gasteiger partial charge is 0.269 e. The molecule has 9 heteroatoms. The molecule has 1 N–H and O–H groups in total. The highest BCUT2D eigenvalue weighted by molar-refractivity contribution is 7.98. The van der Waals surface area contributed by atoms with Crippen molar-refractivity contribution in [2.24, 2.45) is 0 Å². The topological polar surface area (TPSA) is 103 Å². The van der Waals surface area contributed by atoms with E-state index < -0.39 is 4.92 Å². The maximum atomic E-state index is 12.2. The predicted octanol–water partition coefficient (Wildman–Crippen LogP) is 5.09. The van der Waals surface area contributed by atoms with Gasteiger partial charge in [-0.05, 0) is 48.2 Å². The molecule has 1 aliphatic rings. The molecule has 4 aromatic rings. The lowest BCUT2D eigenvalue weighted by atomic mass is 10.1. The number of nitro groups is 1. The van der Waals surface area contributed by atoms with Gasteiger partial charge in [0.05, 0.1) is 11.5 Å². The number of hydrogen-bond donors (Lipinski definition) is 1. The van der Waals surface area contributed by atoms with E-state index in [0.717, 1.165) is 34.7 Å². The second kappa shape index (κ2) is 10.1. The Morgan fingerprint density at radius 2 is 1.69 bits per heavy atom. The van der Waals surface area contributed by atoms with E-state index in [-0.39, 0.29) is 11.6 Å². The molecule has 1 fully saturated rings. The van der Waals surface area contributed by atoms with Crippen molar-refractivity contribution in [3.05, 3.63) is 106 Å². The number of carbonyl (C=O) groups is 1. The summed E-state index contributed by atoms with van der Waals surface area (Å²) < 4.78 is 2.03. The Labute approximate surface area is 206 Å². The molecule has 1 aromatic heterocycles. The van der Waals surface area contributed by atoms with E-state index >= 15 is 0 Å². The van der Waals surface area contributed by atoms with Gasteiger partial charge in [0, 0.05) is 35.1 Å². The van der Waals surface area contributed by atoms with Crippen LogP contribution in [-0.4, -0.2) is 31.6 Å². The van der Waals surface area contributed by atoms with Gasteiger partial charge in [-0.3, -0.25) is 19.5 Å². The first-order valence-electron chi connectivity index (χ1n) is 11.3. The molecule has 0 spiro atoms. The maximum absolute atomic E-state index is 12.2. The first-order valence-corrected chi connectivity index (χ1v) is 12.3. The van der Waals surface area contributed by atoms with E-state index in [9.17, 15) is 14.9 Å². The molecule has 0 saturated heterocycles. The minimum atomic E-state index is -0.416. The Bertz CT molecular complexity index is 1330. The zero-order valence-corrected chi connectivity index (χ0v) is 19.6. The quantitative estimate of drug-likeness (QED) is 0.201. The van der Waals surface area contributed by atoms with Crippen molar-refractivity contribution in [1.29, 1.82) is 0 Å². The maximum Gasteiger partial charge on any atom is 0.269 e. The van der Waals surface area contributed by atoms with Crippen molar-refractivity contribution in [1.82, 2.24) is 20.1 Å². The molecule has 1 amide bonds. The van der Waals surface area contributed by atoms with E-state index in [1.54, 1.807) is 23.9 Å². The average Bonchev–Trinajstić information content (AvgIpc) is 3.62. The van der Waals surface area contributed by atoms with Gasteiger partial charge in [-0.1, -0.05) is 54.2 Å². The number of nitrogens with one attached hydrogen (secondary N) is 1. The molecule has 1 aliphatic carbocycles. The van der Waals surface area contributed by atoms with Crippen LogP contribution in [0.4, 0.5) is 5.69 Å². The van der Waals surface area contributed by atoms with Crippen molar-refractivity contribution in [2.75, 3.05) is 0 Å². The van der Waals surface area contributed by atoms with Gasteiger partial charge in [0.1, 0.15) is 0 Å². The summed E-state index contributed by atoms with van der Waals surface area (Å²) in [6.45, 7) is 0.572. The van der Waals surface area contributed by atoms with Crippen LogP contribution < -0.4 is 5.32 Å². The first-order chi connectivity index (χ1) is 17.1. The number of aromatic nitrogens is 3. The highest BCUT2D eigenvalue weighted by Gasteiger charge is 2.23. The van der Waals surface area contributed by atoms with Crippen molar-refractivity contribution in [3.63, 3.8) is 0 Å². The van der Waals surface area contributed by atoms with E-state index in [2.05, 4.69) is 15.5 Å². The number of thioether (sulfide) groups is 1. The lowest BCUT2D eigenvalue weighted by molar-refractivity contribution is -0.384. The SMILES string of the molecule is O=C(NC1CC1)c1ccc(CSc2nnc(-c3ccc([N+](=O)[O-])cc3)n2Cc2ccccc2)cc1. The normalized spacial score (nSPS) is 12.9. The molecule has 8 nitrogen and oxygen atoms in total. The minimum Gasteiger partial charge on any atom is -0.349 e. The molecule has 0 atom stereocenters. The van der Waals surface area contributed by atoms with Crippen LogP contribution in [-0.2, 0) is 12.3 Å². The van der Waals surface area contributed by atoms with Crippen molar-refractivity contribution in [3.8, 4) is 11.4 Å². The Morgan fingerprint density at radius 3 is 2.34 bits per heavy atom. The summed E-state index contributed by atoms with van der Waals surface area (Å²) in [5, 5.41) is 23.6. The molecule has 5 rings (SSSR count). The largest absolute Gasteiger partial charge is 0.349 e. The van der Waals surface area contributed by atoms with Gasteiger partial charge < -0.3 is 5.32 Å². The summed E-state index contributed by atoms with van der Waals surface area (Å²) in [5.74, 6) is 1.29. The molecule has 0 bridgehead atoms. The number of non-ortho nitro benzene ring substituents is 1. The summed E-state index contributed by atoms with van der Waals surface area (Å²) in [6.07, 6.45) is 2.12. The number of carbonyl (C=O) groups excluding carboxylic acids is 1. The zero-order valence-electron chi connectivity index (χ0n) is 18.8. The second-order valence-corrected chi connectivity index (χ2v) is 9.36. The number of amides is 1. The lowest BCUT2D eigenvalue weighted by Crippen LogP contribution is -2.25. The fourth-order valence-corrected chi connectivity index (χ4v) is 4.54. The molecule has 1 saturated carbocycles. The number of nitrogens with zero attached hydrogens (tertiary/aromatic N) is 4. The Kier molecular flexibility index (Phi) is 6.58. The molecule has 3 aromatic carbocycles. The molecular formula is C26H23N5O3S. The van der Waals surface area contributed by atoms with E-state index in [0.29, 0.717) is 29.7 Å². The molecule has 35 heavy (non-hydrogen) atoms. The minimum absolute atomic E-state index is 0.0259. The summed E-state index contributed by atoms with van der Waals surface area (Å²) in [5.41, 5.74) is 3.63. The van der Waals surface area contributed by atoms with Crippen molar-refractivity contribution < 1.29 is 9.72 Å².